The van der Waals surface area contributed by atoms with Crippen molar-refractivity contribution in [2.45, 2.75) is 38.5 Å². The van der Waals surface area contributed by atoms with Gasteiger partial charge >= 0.3 is 0 Å². The van der Waals surface area contributed by atoms with Crippen molar-refractivity contribution >= 4 is 22.6 Å². The Balaban J connectivity index is 1.71. The van der Waals surface area contributed by atoms with Crippen LogP contribution < -0.4 is 0 Å². The summed E-state index contributed by atoms with van der Waals surface area (Å²) in [5.41, 5.74) is 0. The minimum atomic E-state index is 1.15. The highest BCUT2D eigenvalue weighted by Gasteiger charge is 2.19. The van der Waals surface area contributed by atoms with E-state index in [1.807, 2.05) is 0 Å². The summed E-state index contributed by atoms with van der Waals surface area (Å²) in [5.74, 6) is 1.15. The molecule has 0 heterocycles. The van der Waals surface area contributed by atoms with E-state index in [-0.39, 0.29) is 0 Å². The number of hydrogen-bond acceptors (Lipinski definition) is 0. The van der Waals surface area contributed by atoms with Crippen molar-refractivity contribution in [1.29, 1.82) is 0 Å². The Bertz CT molecular complexity index is 67.0. The SMILES string of the molecule is ICCCCCC1CC1. The van der Waals surface area contributed by atoms with Gasteiger partial charge in [0.25, 0.3) is 0 Å². The van der Waals surface area contributed by atoms with Gasteiger partial charge in [-0.05, 0) is 16.8 Å². The molecule has 0 saturated heterocycles. The molecule has 1 heteroatoms. The summed E-state index contributed by atoms with van der Waals surface area (Å²) < 4.78 is 1.35. The Morgan fingerprint density at radius 3 is 2.44 bits per heavy atom. The van der Waals surface area contributed by atoms with Crippen LogP contribution in [0.2, 0.25) is 0 Å². The van der Waals surface area contributed by atoms with Crippen LogP contribution in [0.5, 0.6) is 0 Å². The molecule has 1 aliphatic carbocycles. The number of alkyl halides is 1. The summed E-state index contributed by atoms with van der Waals surface area (Å²) in [7, 11) is 0. The third-order valence-corrected chi connectivity index (χ3v) is 2.71. The second-order valence-electron chi connectivity index (χ2n) is 2.98. The maximum atomic E-state index is 2.46. The lowest BCUT2D eigenvalue weighted by atomic mass is 10.1. The Hall–Kier alpha value is 0.730. The first-order valence-electron chi connectivity index (χ1n) is 3.99. The van der Waals surface area contributed by atoms with Crippen molar-refractivity contribution < 1.29 is 0 Å². The smallest absolute Gasteiger partial charge is 0.000473 e. The lowest BCUT2D eigenvalue weighted by Crippen LogP contribution is -1.79. The molecule has 0 nitrogen and oxygen atoms in total. The highest BCUT2D eigenvalue weighted by molar-refractivity contribution is 14.1. The van der Waals surface area contributed by atoms with Gasteiger partial charge < -0.3 is 0 Å². The fraction of sp³-hybridized carbons (Fsp3) is 1.00. The zero-order chi connectivity index (χ0) is 6.53. The normalized spacial score (nSPS) is 18.3. The van der Waals surface area contributed by atoms with E-state index in [0.29, 0.717) is 0 Å². The van der Waals surface area contributed by atoms with Crippen molar-refractivity contribution in [2.24, 2.45) is 5.92 Å². The van der Waals surface area contributed by atoms with Crippen LogP contribution in [-0.2, 0) is 0 Å². The van der Waals surface area contributed by atoms with E-state index >= 15 is 0 Å². The molecule has 0 aromatic carbocycles. The van der Waals surface area contributed by atoms with Gasteiger partial charge in [0.15, 0.2) is 0 Å². The summed E-state index contributed by atoms with van der Waals surface area (Å²) in [6, 6.07) is 0. The van der Waals surface area contributed by atoms with E-state index in [9.17, 15) is 0 Å². The summed E-state index contributed by atoms with van der Waals surface area (Å²) in [5, 5.41) is 0. The van der Waals surface area contributed by atoms with Gasteiger partial charge in [-0.25, -0.2) is 0 Å². The molecule has 1 rings (SSSR count). The summed E-state index contributed by atoms with van der Waals surface area (Å²) in [4.78, 5) is 0. The van der Waals surface area contributed by atoms with Gasteiger partial charge in [0.1, 0.15) is 0 Å². The van der Waals surface area contributed by atoms with Crippen LogP contribution in [0.3, 0.4) is 0 Å². The van der Waals surface area contributed by atoms with Crippen molar-refractivity contribution in [3.63, 3.8) is 0 Å². The second-order valence-corrected chi connectivity index (χ2v) is 4.06. The number of hydrogen-bond donors (Lipinski definition) is 0. The third-order valence-electron chi connectivity index (χ3n) is 1.94. The number of halogens is 1. The largest absolute Gasteiger partial charge is 0.0864 e. The lowest BCUT2D eigenvalue weighted by Gasteiger charge is -1.94. The molecule has 0 unspecified atom stereocenters. The van der Waals surface area contributed by atoms with Gasteiger partial charge in [0, 0.05) is 0 Å². The van der Waals surface area contributed by atoms with Crippen LogP contribution >= 0.6 is 22.6 Å². The first-order chi connectivity index (χ1) is 4.43. The molecule has 9 heavy (non-hydrogen) atoms. The quantitative estimate of drug-likeness (QED) is 0.391. The van der Waals surface area contributed by atoms with Crippen molar-refractivity contribution in [3.8, 4) is 0 Å². The van der Waals surface area contributed by atoms with Crippen LogP contribution in [0.4, 0.5) is 0 Å². The fourth-order valence-electron chi connectivity index (χ4n) is 1.11. The molecule has 1 saturated carbocycles. The molecule has 0 N–H and O–H groups in total. The first-order valence-corrected chi connectivity index (χ1v) is 5.52. The molecule has 0 amide bonds. The van der Waals surface area contributed by atoms with Gasteiger partial charge in [0.05, 0.1) is 0 Å². The van der Waals surface area contributed by atoms with Crippen molar-refractivity contribution in [3.05, 3.63) is 0 Å². The topological polar surface area (TPSA) is 0 Å². The van der Waals surface area contributed by atoms with Crippen LogP contribution in [0.1, 0.15) is 38.5 Å². The third kappa shape index (κ3) is 4.18. The molecule has 1 aliphatic rings. The number of rotatable bonds is 5. The molecule has 0 spiro atoms. The van der Waals surface area contributed by atoms with Gasteiger partial charge in [-0.2, -0.15) is 0 Å². The summed E-state index contributed by atoms with van der Waals surface area (Å²) >= 11 is 2.46. The van der Waals surface area contributed by atoms with E-state index in [2.05, 4.69) is 22.6 Å². The first kappa shape index (κ1) is 7.83. The van der Waals surface area contributed by atoms with E-state index < -0.39 is 0 Å². The lowest BCUT2D eigenvalue weighted by molar-refractivity contribution is 0.625. The van der Waals surface area contributed by atoms with Gasteiger partial charge in [-0.15, -0.1) is 0 Å². The Kier molecular flexibility index (Phi) is 3.94. The van der Waals surface area contributed by atoms with E-state index in [1.54, 1.807) is 0 Å². The zero-order valence-electron chi connectivity index (χ0n) is 5.91. The maximum Gasteiger partial charge on any atom is -0.000473 e. The van der Waals surface area contributed by atoms with Gasteiger partial charge in [0.2, 0.25) is 0 Å². The standard InChI is InChI=1S/C8H15I/c9-7-3-1-2-4-8-5-6-8/h8H,1-7H2. The second kappa shape index (κ2) is 4.53. The molecule has 0 aromatic heterocycles. The minimum Gasteiger partial charge on any atom is -0.0864 e. The van der Waals surface area contributed by atoms with Gasteiger partial charge in [-0.1, -0.05) is 54.7 Å². The molecule has 0 aromatic rings. The zero-order valence-corrected chi connectivity index (χ0v) is 8.06. The monoisotopic (exact) mass is 238 g/mol. The van der Waals surface area contributed by atoms with Crippen LogP contribution in [0.15, 0.2) is 0 Å². The van der Waals surface area contributed by atoms with E-state index in [0.717, 1.165) is 5.92 Å². The molecule has 0 bridgehead atoms. The van der Waals surface area contributed by atoms with Crippen molar-refractivity contribution in [2.75, 3.05) is 4.43 Å². The summed E-state index contributed by atoms with van der Waals surface area (Å²) in [6.45, 7) is 0. The molecule has 1 fully saturated rings. The highest BCUT2D eigenvalue weighted by Crippen LogP contribution is 2.33. The molecular weight excluding hydrogens is 223 g/mol. The Morgan fingerprint density at radius 1 is 1.11 bits per heavy atom. The predicted octanol–water partition coefficient (Wildman–Crippen LogP) is 3.39. The maximum absolute atomic E-state index is 2.46. The van der Waals surface area contributed by atoms with Crippen molar-refractivity contribution in [1.82, 2.24) is 0 Å². The van der Waals surface area contributed by atoms with E-state index in [4.69, 9.17) is 0 Å². The molecule has 0 atom stereocenters. The molecule has 54 valence electrons. The minimum absolute atomic E-state index is 1.15. The fourth-order valence-corrected chi connectivity index (χ4v) is 1.65. The molecular formula is C8H15I. The van der Waals surface area contributed by atoms with E-state index in [1.165, 1.54) is 43.0 Å². The van der Waals surface area contributed by atoms with Gasteiger partial charge in [-0.3, -0.25) is 0 Å². The van der Waals surface area contributed by atoms with Crippen LogP contribution in [0.25, 0.3) is 0 Å². The Labute approximate surface area is 71.5 Å². The Morgan fingerprint density at radius 2 is 1.89 bits per heavy atom. The predicted molar refractivity (Wildman–Crippen MR) is 50.1 cm³/mol. The summed E-state index contributed by atoms with van der Waals surface area (Å²) in [6.07, 6.45) is 8.99. The molecule has 0 aliphatic heterocycles. The number of unbranched alkanes of at least 4 members (excludes halogenated alkanes) is 2. The van der Waals surface area contributed by atoms with Crippen LogP contribution in [-0.4, -0.2) is 4.43 Å². The average molecular weight is 238 g/mol. The van der Waals surface area contributed by atoms with Crippen LogP contribution in [0, 0.1) is 5.92 Å². The molecule has 0 radical (unpaired) electrons. The average Bonchev–Trinajstić information content (AvgIpc) is 2.63. The highest BCUT2D eigenvalue weighted by atomic mass is 127.